The Morgan fingerprint density at radius 3 is 2.54 bits per heavy atom. The van der Waals surface area contributed by atoms with Crippen molar-refractivity contribution in [2.24, 2.45) is 0 Å². The minimum atomic E-state index is -0.612. The summed E-state index contributed by atoms with van der Waals surface area (Å²) in [6.45, 7) is 0. The largest absolute Gasteiger partial charge is 0.507 e. The van der Waals surface area contributed by atoms with E-state index in [4.69, 9.17) is 4.42 Å². The van der Waals surface area contributed by atoms with Gasteiger partial charge in [0, 0.05) is 17.2 Å². The Morgan fingerprint density at radius 2 is 1.81 bits per heavy atom. The van der Waals surface area contributed by atoms with Crippen molar-refractivity contribution in [2.45, 2.75) is 12.3 Å². The molecule has 4 aromatic rings. The Morgan fingerprint density at radius 1 is 1.04 bits per heavy atom. The van der Waals surface area contributed by atoms with Crippen molar-refractivity contribution < 1.29 is 14.3 Å². The van der Waals surface area contributed by atoms with Gasteiger partial charge in [-0.05, 0) is 35.0 Å². The highest BCUT2D eigenvalue weighted by atomic mass is 32.1. The van der Waals surface area contributed by atoms with E-state index in [1.807, 2.05) is 29.0 Å². The second-order valence-electron chi connectivity index (χ2n) is 5.82. The molecular weight excluding hydrogens is 368 g/mol. The molecule has 0 saturated carbocycles. The Kier molecular flexibility index (Phi) is 4.44. The van der Waals surface area contributed by atoms with Gasteiger partial charge >= 0.3 is 5.63 Å². The van der Waals surface area contributed by atoms with Gasteiger partial charge in [0.1, 0.15) is 11.3 Å². The van der Waals surface area contributed by atoms with Crippen molar-refractivity contribution in [1.29, 1.82) is 0 Å². The first-order valence-electron chi connectivity index (χ1n) is 8.00. The lowest BCUT2D eigenvalue weighted by atomic mass is 9.91. The number of carbonyl (C=O) groups is 1. The number of ketones is 1. The highest BCUT2D eigenvalue weighted by Crippen LogP contribution is 2.38. The van der Waals surface area contributed by atoms with Crippen molar-refractivity contribution in [3.8, 4) is 5.75 Å². The minimum absolute atomic E-state index is 0.0645. The van der Waals surface area contributed by atoms with Crippen LogP contribution in [0.4, 0.5) is 0 Å². The number of para-hydroxylation sites is 1. The van der Waals surface area contributed by atoms with Gasteiger partial charge in [0.25, 0.3) is 0 Å². The molecule has 4 nitrogen and oxygen atoms in total. The van der Waals surface area contributed by atoms with Crippen LogP contribution in [0.3, 0.4) is 0 Å². The summed E-state index contributed by atoms with van der Waals surface area (Å²) in [4.78, 5) is 26.8. The summed E-state index contributed by atoms with van der Waals surface area (Å²) in [5, 5.41) is 15.0. The van der Waals surface area contributed by atoms with E-state index in [1.54, 1.807) is 30.3 Å². The van der Waals surface area contributed by atoms with Crippen molar-refractivity contribution in [2.75, 3.05) is 0 Å². The molecule has 1 atom stereocenters. The molecular formula is C20H14O4S2. The van der Waals surface area contributed by atoms with Crippen LogP contribution in [0.1, 0.15) is 32.5 Å². The number of fused-ring (bicyclic) bond motifs is 1. The molecule has 0 radical (unpaired) electrons. The quantitative estimate of drug-likeness (QED) is 0.388. The van der Waals surface area contributed by atoms with Gasteiger partial charge in [-0.25, -0.2) is 4.79 Å². The molecule has 1 aromatic carbocycles. The fraction of sp³-hybridized carbons (Fsp3) is 0.100. The van der Waals surface area contributed by atoms with E-state index in [9.17, 15) is 14.7 Å². The van der Waals surface area contributed by atoms with E-state index in [2.05, 4.69) is 0 Å². The number of carbonyl (C=O) groups excluding carboxylic acids is 1. The summed E-state index contributed by atoms with van der Waals surface area (Å²) >= 11 is 2.81. The van der Waals surface area contributed by atoms with Gasteiger partial charge in [-0.3, -0.25) is 4.79 Å². The second-order valence-corrected chi connectivity index (χ2v) is 7.75. The first-order valence-corrected chi connectivity index (χ1v) is 9.76. The van der Waals surface area contributed by atoms with Gasteiger partial charge in [-0.15, -0.1) is 22.7 Å². The molecule has 0 fully saturated rings. The highest BCUT2D eigenvalue weighted by Gasteiger charge is 2.28. The first kappa shape index (κ1) is 16.8. The van der Waals surface area contributed by atoms with Crippen molar-refractivity contribution >= 4 is 39.4 Å². The van der Waals surface area contributed by atoms with Crippen LogP contribution in [0.15, 0.2) is 68.5 Å². The molecule has 26 heavy (non-hydrogen) atoms. The molecule has 1 unspecified atom stereocenters. The molecule has 0 aliphatic heterocycles. The van der Waals surface area contributed by atoms with Gasteiger partial charge in [-0.2, -0.15) is 0 Å². The summed E-state index contributed by atoms with van der Waals surface area (Å²) < 4.78 is 5.41. The van der Waals surface area contributed by atoms with Crippen molar-refractivity contribution in [3.63, 3.8) is 0 Å². The number of Topliss-reactive ketones (excluding diaryl/α,β-unsaturated/α-hetero) is 1. The molecule has 1 N–H and O–H groups in total. The third kappa shape index (κ3) is 2.98. The number of thiophene rings is 2. The predicted octanol–water partition coefficient (Wildman–Crippen LogP) is 5.03. The summed E-state index contributed by atoms with van der Waals surface area (Å²) in [6.07, 6.45) is 0.0949. The maximum atomic E-state index is 12.7. The molecule has 0 aliphatic carbocycles. The fourth-order valence-corrected chi connectivity index (χ4v) is 4.53. The molecule has 0 amide bonds. The zero-order chi connectivity index (χ0) is 18.1. The average molecular weight is 382 g/mol. The van der Waals surface area contributed by atoms with Crippen LogP contribution in [0.25, 0.3) is 11.0 Å². The van der Waals surface area contributed by atoms with E-state index in [0.717, 1.165) is 4.88 Å². The van der Waals surface area contributed by atoms with E-state index in [-0.39, 0.29) is 23.5 Å². The standard InChI is InChI=1S/C20H14O4S2/c21-14(17-8-4-10-26-17)11-13(16-7-3-9-25-16)18-19(22)12-5-1-2-6-15(12)24-20(18)23/h1-10,13,22H,11H2. The molecule has 130 valence electrons. The zero-order valence-corrected chi connectivity index (χ0v) is 15.2. The lowest BCUT2D eigenvalue weighted by Crippen LogP contribution is -2.16. The maximum Gasteiger partial charge on any atom is 0.343 e. The fourth-order valence-electron chi connectivity index (χ4n) is 3.01. The van der Waals surface area contributed by atoms with E-state index < -0.39 is 11.5 Å². The normalized spacial score (nSPS) is 12.3. The van der Waals surface area contributed by atoms with Crippen LogP contribution in [0, 0.1) is 0 Å². The van der Waals surface area contributed by atoms with Gasteiger partial charge in [-0.1, -0.05) is 24.3 Å². The molecule has 0 bridgehead atoms. The number of benzene rings is 1. The Bertz CT molecular complexity index is 1110. The van der Waals surface area contributed by atoms with E-state index in [0.29, 0.717) is 15.8 Å². The topological polar surface area (TPSA) is 67.5 Å². The van der Waals surface area contributed by atoms with Crippen LogP contribution < -0.4 is 5.63 Å². The third-order valence-electron chi connectivity index (χ3n) is 4.24. The summed E-state index contributed by atoms with van der Waals surface area (Å²) in [5.74, 6) is -0.731. The van der Waals surface area contributed by atoms with Gasteiger partial charge in [0.2, 0.25) is 0 Å². The smallest absolute Gasteiger partial charge is 0.343 e. The maximum absolute atomic E-state index is 12.7. The van der Waals surface area contributed by atoms with Crippen molar-refractivity contribution in [1.82, 2.24) is 0 Å². The predicted molar refractivity (Wildman–Crippen MR) is 104 cm³/mol. The second kappa shape index (κ2) is 6.90. The average Bonchev–Trinajstić information content (AvgIpc) is 3.34. The number of rotatable bonds is 5. The Balaban J connectivity index is 1.86. The molecule has 0 spiro atoms. The molecule has 6 heteroatoms. The lowest BCUT2D eigenvalue weighted by molar-refractivity contribution is 0.0981. The Labute approximate surface area is 157 Å². The summed E-state index contributed by atoms with van der Waals surface area (Å²) in [6, 6.07) is 14.2. The van der Waals surface area contributed by atoms with Crippen LogP contribution in [-0.2, 0) is 0 Å². The van der Waals surface area contributed by atoms with Crippen LogP contribution in [0.2, 0.25) is 0 Å². The molecule has 0 saturated heterocycles. The molecule has 4 rings (SSSR count). The monoisotopic (exact) mass is 382 g/mol. The zero-order valence-electron chi connectivity index (χ0n) is 13.5. The van der Waals surface area contributed by atoms with Gasteiger partial charge < -0.3 is 9.52 Å². The lowest BCUT2D eigenvalue weighted by Gasteiger charge is -2.16. The first-order chi connectivity index (χ1) is 12.6. The minimum Gasteiger partial charge on any atom is -0.507 e. The third-order valence-corrected chi connectivity index (χ3v) is 6.14. The van der Waals surface area contributed by atoms with E-state index >= 15 is 0 Å². The van der Waals surface area contributed by atoms with Crippen LogP contribution in [-0.4, -0.2) is 10.9 Å². The summed E-state index contributed by atoms with van der Waals surface area (Å²) in [5.41, 5.74) is -0.150. The molecule has 3 aromatic heterocycles. The number of hydrogen-bond donors (Lipinski definition) is 1. The van der Waals surface area contributed by atoms with Crippen molar-refractivity contribution in [3.05, 3.63) is 85.0 Å². The van der Waals surface area contributed by atoms with Gasteiger partial charge in [0.05, 0.1) is 15.8 Å². The SMILES string of the molecule is O=C(CC(c1cccs1)c1c(O)c2ccccc2oc1=O)c1cccs1. The van der Waals surface area contributed by atoms with E-state index in [1.165, 1.54) is 22.7 Å². The van der Waals surface area contributed by atoms with Crippen LogP contribution in [0.5, 0.6) is 5.75 Å². The Hall–Kier alpha value is -2.70. The molecule has 0 aliphatic rings. The number of hydrogen-bond acceptors (Lipinski definition) is 6. The van der Waals surface area contributed by atoms with Gasteiger partial charge in [0.15, 0.2) is 5.78 Å². The highest BCUT2D eigenvalue weighted by molar-refractivity contribution is 7.12. The van der Waals surface area contributed by atoms with Crippen LogP contribution >= 0.6 is 22.7 Å². The summed E-state index contributed by atoms with van der Waals surface area (Å²) in [7, 11) is 0. The molecule has 3 heterocycles. The number of aromatic hydroxyl groups is 1.